The van der Waals surface area contributed by atoms with Gasteiger partial charge in [0.25, 0.3) is 5.91 Å². The van der Waals surface area contributed by atoms with Crippen LogP contribution in [0.25, 0.3) is 11.0 Å². The monoisotopic (exact) mass is 499 g/mol. The van der Waals surface area contributed by atoms with Gasteiger partial charge in [-0.25, -0.2) is 4.98 Å². The van der Waals surface area contributed by atoms with E-state index in [4.69, 9.17) is 14.5 Å². The highest BCUT2D eigenvalue weighted by molar-refractivity contribution is 5.94. The van der Waals surface area contributed by atoms with E-state index in [9.17, 15) is 4.79 Å². The Labute approximate surface area is 219 Å². The van der Waals surface area contributed by atoms with Crippen molar-refractivity contribution in [3.63, 3.8) is 0 Å². The van der Waals surface area contributed by atoms with Crippen molar-refractivity contribution >= 4 is 16.9 Å². The number of aromatic nitrogens is 2. The molecule has 0 saturated carbocycles. The first-order chi connectivity index (χ1) is 17.8. The molecule has 0 aliphatic carbocycles. The Balaban J connectivity index is 1.38. The van der Waals surface area contributed by atoms with Gasteiger partial charge in [0, 0.05) is 12.1 Å². The molecule has 0 saturated heterocycles. The highest BCUT2D eigenvalue weighted by Gasteiger charge is 2.19. The van der Waals surface area contributed by atoms with Crippen molar-refractivity contribution in [3.8, 4) is 11.5 Å². The van der Waals surface area contributed by atoms with Crippen LogP contribution in [0.5, 0.6) is 11.5 Å². The molecule has 0 aliphatic rings. The number of benzene rings is 3. The summed E-state index contributed by atoms with van der Waals surface area (Å²) < 4.78 is 13.4. The van der Waals surface area contributed by atoms with Crippen LogP contribution in [-0.4, -0.2) is 29.2 Å². The molecule has 37 heavy (non-hydrogen) atoms. The first-order valence-electron chi connectivity index (χ1n) is 12.9. The van der Waals surface area contributed by atoms with Crippen LogP contribution < -0.4 is 14.8 Å². The van der Waals surface area contributed by atoms with Gasteiger partial charge in [0.05, 0.1) is 30.8 Å². The Hall–Kier alpha value is -3.80. The summed E-state index contributed by atoms with van der Waals surface area (Å²) in [6.45, 7) is 10.1. The molecule has 6 nitrogen and oxygen atoms in total. The SMILES string of the molecule is COc1ccc(C(=O)NC(C)c2nc3ccccc3n2CCCCOc2ccc(C(C)(C)C)cc2)cc1. The number of nitrogens with zero attached hydrogens (tertiary/aromatic N) is 2. The first-order valence-corrected chi connectivity index (χ1v) is 12.9. The molecule has 0 radical (unpaired) electrons. The Bertz CT molecular complexity index is 1320. The van der Waals surface area contributed by atoms with Crippen LogP contribution in [0.15, 0.2) is 72.8 Å². The predicted molar refractivity (Wildman–Crippen MR) is 148 cm³/mol. The van der Waals surface area contributed by atoms with Gasteiger partial charge >= 0.3 is 0 Å². The number of imidazole rings is 1. The van der Waals surface area contributed by atoms with E-state index in [1.165, 1.54) is 5.56 Å². The van der Waals surface area contributed by atoms with Crippen LogP contribution in [-0.2, 0) is 12.0 Å². The summed E-state index contributed by atoms with van der Waals surface area (Å²) in [5.41, 5.74) is 4.02. The molecule has 194 valence electrons. The van der Waals surface area contributed by atoms with Gasteiger partial charge in [-0.1, -0.05) is 45.0 Å². The van der Waals surface area contributed by atoms with E-state index >= 15 is 0 Å². The van der Waals surface area contributed by atoms with Crippen molar-refractivity contribution in [2.24, 2.45) is 0 Å². The molecular weight excluding hydrogens is 462 g/mol. The Morgan fingerprint density at radius 1 is 0.946 bits per heavy atom. The molecule has 3 aromatic carbocycles. The number of carbonyl (C=O) groups is 1. The maximum Gasteiger partial charge on any atom is 0.251 e. The average Bonchev–Trinajstić information content (AvgIpc) is 3.27. The fourth-order valence-corrected chi connectivity index (χ4v) is 4.36. The number of aryl methyl sites for hydroxylation is 1. The number of amides is 1. The molecule has 1 amide bonds. The fraction of sp³-hybridized carbons (Fsp3) is 0.355. The largest absolute Gasteiger partial charge is 0.497 e. The number of rotatable bonds is 10. The number of nitrogens with one attached hydrogen (secondary N) is 1. The molecule has 4 rings (SSSR count). The lowest BCUT2D eigenvalue weighted by molar-refractivity contribution is 0.0937. The van der Waals surface area contributed by atoms with Crippen LogP contribution in [0, 0.1) is 0 Å². The van der Waals surface area contributed by atoms with E-state index in [1.54, 1.807) is 31.4 Å². The Morgan fingerprint density at radius 2 is 1.62 bits per heavy atom. The highest BCUT2D eigenvalue weighted by atomic mass is 16.5. The van der Waals surface area contributed by atoms with Gasteiger partial charge in [-0.3, -0.25) is 4.79 Å². The summed E-state index contributed by atoms with van der Waals surface area (Å²) in [4.78, 5) is 17.7. The quantitative estimate of drug-likeness (QED) is 0.247. The van der Waals surface area contributed by atoms with E-state index in [0.29, 0.717) is 12.2 Å². The molecule has 1 N–H and O–H groups in total. The second-order valence-corrected chi connectivity index (χ2v) is 10.4. The van der Waals surface area contributed by atoms with Gasteiger partial charge in [-0.2, -0.15) is 0 Å². The second-order valence-electron chi connectivity index (χ2n) is 10.4. The van der Waals surface area contributed by atoms with E-state index in [-0.39, 0.29) is 17.4 Å². The van der Waals surface area contributed by atoms with Crippen LogP contribution in [0.1, 0.15) is 68.3 Å². The summed E-state index contributed by atoms with van der Waals surface area (Å²) in [7, 11) is 1.61. The lowest BCUT2D eigenvalue weighted by Gasteiger charge is -2.19. The zero-order valence-corrected chi connectivity index (χ0v) is 22.5. The zero-order chi connectivity index (χ0) is 26.4. The number of hydrogen-bond acceptors (Lipinski definition) is 4. The summed E-state index contributed by atoms with van der Waals surface area (Å²) in [5.74, 6) is 2.33. The van der Waals surface area contributed by atoms with Gasteiger partial charge in [-0.05, 0) is 79.3 Å². The van der Waals surface area contributed by atoms with Gasteiger partial charge in [0.2, 0.25) is 0 Å². The summed E-state index contributed by atoms with van der Waals surface area (Å²) in [5, 5.41) is 3.10. The third-order valence-corrected chi connectivity index (χ3v) is 6.54. The fourth-order valence-electron chi connectivity index (χ4n) is 4.36. The molecular formula is C31H37N3O3. The van der Waals surface area contributed by atoms with Crippen molar-refractivity contribution in [1.29, 1.82) is 0 Å². The molecule has 1 heterocycles. The first kappa shape index (κ1) is 26.3. The van der Waals surface area contributed by atoms with Crippen molar-refractivity contribution in [2.75, 3.05) is 13.7 Å². The summed E-state index contributed by atoms with van der Waals surface area (Å²) in [6.07, 6.45) is 1.85. The molecule has 1 atom stereocenters. The van der Waals surface area contributed by atoms with Crippen molar-refractivity contribution in [1.82, 2.24) is 14.9 Å². The van der Waals surface area contributed by atoms with E-state index in [1.807, 2.05) is 25.1 Å². The smallest absolute Gasteiger partial charge is 0.251 e. The normalized spacial score (nSPS) is 12.4. The Morgan fingerprint density at radius 3 is 2.30 bits per heavy atom. The molecule has 0 bridgehead atoms. The lowest BCUT2D eigenvalue weighted by Crippen LogP contribution is -2.28. The minimum Gasteiger partial charge on any atom is -0.497 e. The maximum atomic E-state index is 12.9. The number of fused-ring (bicyclic) bond motifs is 1. The Kier molecular flexibility index (Phi) is 8.17. The number of para-hydroxylation sites is 2. The highest BCUT2D eigenvalue weighted by Crippen LogP contribution is 2.25. The second kappa shape index (κ2) is 11.5. The summed E-state index contributed by atoms with van der Waals surface area (Å²) in [6, 6.07) is 23.3. The number of carbonyl (C=O) groups excluding carboxylic acids is 1. The minimum absolute atomic E-state index is 0.134. The van der Waals surface area contributed by atoms with E-state index < -0.39 is 0 Å². The topological polar surface area (TPSA) is 65.4 Å². The zero-order valence-electron chi connectivity index (χ0n) is 22.5. The summed E-state index contributed by atoms with van der Waals surface area (Å²) >= 11 is 0. The maximum absolute atomic E-state index is 12.9. The van der Waals surface area contributed by atoms with E-state index in [2.05, 4.69) is 61.0 Å². The van der Waals surface area contributed by atoms with Crippen molar-refractivity contribution in [3.05, 3.63) is 89.7 Å². The molecule has 1 aromatic heterocycles. The molecule has 0 spiro atoms. The van der Waals surface area contributed by atoms with Crippen LogP contribution in [0.2, 0.25) is 0 Å². The van der Waals surface area contributed by atoms with Gasteiger partial charge in [0.1, 0.15) is 17.3 Å². The number of unbranched alkanes of at least 4 members (excludes halogenated alkanes) is 1. The molecule has 4 aromatic rings. The standard InChI is InChI=1S/C31H37N3O3/c1-22(32-30(35)23-12-16-25(36-5)17-13-23)29-33-27-10-6-7-11-28(27)34(29)20-8-9-21-37-26-18-14-24(15-19-26)31(2,3)4/h6-7,10-19,22H,8-9,20-21H2,1-5H3,(H,32,35). The van der Waals surface area contributed by atoms with Gasteiger partial charge in [-0.15, -0.1) is 0 Å². The minimum atomic E-state index is -0.250. The average molecular weight is 500 g/mol. The van der Waals surface area contributed by atoms with Crippen LogP contribution in [0.4, 0.5) is 0 Å². The molecule has 0 aliphatic heterocycles. The molecule has 6 heteroatoms. The molecule has 0 fully saturated rings. The number of methoxy groups -OCH3 is 1. The van der Waals surface area contributed by atoms with Crippen LogP contribution in [0.3, 0.4) is 0 Å². The van der Waals surface area contributed by atoms with Gasteiger partial charge in [0.15, 0.2) is 0 Å². The van der Waals surface area contributed by atoms with Crippen LogP contribution >= 0.6 is 0 Å². The third-order valence-electron chi connectivity index (χ3n) is 6.54. The van der Waals surface area contributed by atoms with E-state index in [0.717, 1.165) is 47.7 Å². The number of ether oxygens (including phenoxy) is 2. The third kappa shape index (κ3) is 6.50. The molecule has 1 unspecified atom stereocenters. The number of hydrogen-bond donors (Lipinski definition) is 1. The van der Waals surface area contributed by atoms with Crippen molar-refractivity contribution < 1.29 is 14.3 Å². The lowest BCUT2D eigenvalue weighted by atomic mass is 9.87. The van der Waals surface area contributed by atoms with Crippen molar-refractivity contribution in [2.45, 2.75) is 58.5 Å². The van der Waals surface area contributed by atoms with Gasteiger partial charge < -0.3 is 19.4 Å². The predicted octanol–water partition coefficient (Wildman–Crippen LogP) is 6.69.